The van der Waals surface area contributed by atoms with Gasteiger partial charge in [0.1, 0.15) is 0 Å². The van der Waals surface area contributed by atoms with Crippen LogP contribution in [0.2, 0.25) is 10.0 Å². The summed E-state index contributed by atoms with van der Waals surface area (Å²) in [7, 11) is 0. The number of piperidine rings is 1. The van der Waals surface area contributed by atoms with Gasteiger partial charge in [0.15, 0.2) is 0 Å². The zero-order valence-corrected chi connectivity index (χ0v) is 15.6. The first-order valence-electron chi connectivity index (χ1n) is 8.45. The molecule has 26 heavy (non-hydrogen) atoms. The Morgan fingerprint density at radius 3 is 2.85 bits per heavy atom. The highest BCUT2D eigenvalue weighted by Gasteiger charge is 2.29. The smallest absolute Gasteiger partial charge is 0.255 e. The molecular formula is C19H19Cl2N3O2. The molecule has 1 aliphatic rings. The summed E-state index contributed by atoms with van der Waals surface area (Å²) in [4.78, 5) is 30.9. The summed E-state index contributed by atoms with van der Waals surface area (Å²) >= 11 is 12.0. The number of hydrogen-bond acceptors (Lipinski definition) is 3. The second-order valence-electron chi connectivity index (χ2n) is 6.29. The van der Waals surface area contributed by atoms with Gasteiger partial charge in [0.05, 0.1) is 16.5 Å². The maximum absolute atomic E-state index is 12.7. The number of halogens is 2. The predicted octanol–water partition coefficient (Wildman–Crippen LogP) is 3.56. The van der Waals surface area contributed by atoms with Crippen LogP contribution in [0.25, 0.3) is 0 Å². The minimum atomic E-state index is -0.226. The number of carbonyl (C=O) groups is 2. The van der Waals surface area contributed by atoms with E-state index in [9.17, 15) is 9.59 Å². The summed E-state index contributed by atoms with van der Waals surface area (Å²) in [5, 5.41) is 3.74. The maximum atomic E-state index is 12.7. The number of pyridine rings is 1. The van der Waals surface area contributed by atoms with Crippen LogP contribution in [0, 0.1) is 5.92 Å². The predicted molar refractivity (Wildman–Crippen MR) is 101 cm³/mol. The Morgan fingerprint density at radius 2 is 2.12 bits per heavy atom. The molecule has 0 saturated carbocycles. The number of hydrogen-bond donors (Lipinski definition) is 1. The largest absolute Gasteiger partial charge is 0.352 e. The molecule has 7 heteroatoms. The SMILES string of the molecule is O=C(NCc1cccnc1)C1CCCN(C(=O)c2ccc(Cl)cc2Cl)C1. The summed E-state index contributed by atoms with van der Waals surface area (Å²) in [5.41, 5.74) is 1.35. The van der Waals surface area contributed by atoms with Gasteiger partial charge in [-0.15, -0.1) is 0 Å². The van der Waals surface area contributed by atoms with Gasteiger partial charge in [-0.1, -0.05) is 29.3 Å². The average Bonchev–Trinajstić information content (AvgIpc) is 2.66. The van der Waals surface area contributed by atoms with E-state index in [4.69, 9.17) is 23.2 Å². The molecule has 1 N–H and O–H groups in total. The van der Waals surface area contributed by atoms with E-state index in [2.05, 4.69) is 10.3 Å². The van der Waals surface area contributed by atoms with Crippen LogP contribution >= 0.6 is 23.2 Å². The lowest BCUT2D eigenvalue weighted by Gasteiger charge is -2.32. The maximum Gasteiger partial charge on any atom is 0.255 e. The molecule has 3 rings (SSSR count). The Hall–Kier alpha value is -2.11. The molecule has 0 radical (unpaired) electrons. The van der Waals surface area contributed by atoms with Crippen molar-refractivity contribution in [2.45, 2.75) is 19.4 Å². The number of rotatable bonds is 4. The molecule has 0 aliphatic carbocycles. The Morgan fingerprint density at radius 1 is 1.27 bits per heavy atom. The van der Waals surface area contributed by atoms with Crippen LogP contribution in [-0.2, 0) is 11.3 Å². The van der Waals surface area contributed by atoms with Gasteiger partial charge >= 0.3 is 0 Å². The molecule has 1 saturated heterocycles. The number of benzene rings is 1. The molecule has 0 bridgehead atoms. The summed E-state index contributed by atoms with van der Waals surface area (Å²) in [6, 6.07) is 8.56. The average molecular weight is 392 g/mol. The first-order chi connectivity index (χ1) is 12.5. The van der Waals surface area contributed by atoms with Gasteiger partial charge in [-0.25, -0.2) is 0 Å². The number of nitrogens with zero attached hydrogens (tertiary/aromatic N) is 2. The highest BCUT2D eigenvalue weighted by molar-refractivity contribution is 6.36. The third-order valence-electron chi connectivity index (χ3n) is 4.43. The zero-order valence-electron chi connectivity index (χ0n) is 14.1. The van der Waals surface area contributed by atoms with Crippen LogP contribution in [0.3, 0.4) is 0 Å². The fourth-order valence-corrected chi connectivity index (χ4v) is 3.53. The Labute approximate surface area is 162 Å². The van der Waals surface area contributed by atoms with Crippen molar-refractivity contribution in [3.8, 4) is 0 Å². The van der Waals surface area contributed by atoms with E-state index in [1.807, 2.05) is 12.1 Å². The van der Waals surface area contributed by atoms with Crippen molar-refractivity contribution >= 4 is 35.0 Å². The van der Waals surface area contributed by atoms with Gasteiger partial charge in [0.2, 0.25) is 5.91 Å². The molecular weight excluding hydrogens is 373 g/mol. The fourth-order valence-electron chi connectivity index (χ4n) is 3.05. The Kier molecular flexibility index (Phi) is 6.12. The molecule has 1 unspecified atom stereocenters. The molecule has 1 aromatic carbocycles. The highest BCUT2D eigenvalue weighted by Crippen LogP contribution is 2.25. The minimum Gasteiger partial charge on any atom is -0.352 e. The van der Waals surface area contributed by atoms with Gasteiger partial charge in [0.25, 0.3) is 5.91 Å². The van der Waals surface area contributed by atoms with Crippen LogP contribution in [0.15, 0.2) is 42.7 Å². The van der Waals surface area contributed by atoms with E-state index < -0.39 is 0 Å². The monoisotopic (exact) mass is 391 g/mol. The lowest BCUT2D eigenvalue weighted by Crippen LogP contribution is -2.45. The van der Waals surface area contributed by atoms with Gasteiger partial charge in [-0.05, 0) is 42.7 Å². The molecule has 2 heterocycles. The minimum absolute atomic E-state index is 0.0476. The van der Waals surface area contributed by atoms with Gasteiger partial charge in [-0.3, -0.25) is 14.6 Å². The van der Waals surface area contributed by atoms with Gasteiger partial charge < -0.3 is 10.2 Å². The number of aromatic nitrogens is 1. The third kappa shape index (κ3) is 4.54. The van der Waals surface area contributed by atoms with E-state index in [1.165, 1.54) is 0 Å². The fraction of sp³-hybridized carbons (Fsp3) is 0.316. The lowest BCUT2D eigenvalue weighted by molar-refractivity contribution is -0.126. The summed E-state index contributed by atoms with van der Waals surface area (Å²) < 4.78 is 0. The number of nitrogens with one attached hydrogen (secondary N) is 1. The highest BCUT2D eigenvalue weighted by atomic mass is 35.5. The van der Waals surface area contributed by atoms with Gasteiger partial charge in [0, 0.05) is 37.1 Å². The van der Waals surface area contributed by atoms with E-state index in [-0.39, 0.29) is 17.7 Å². The third-order valence-corrected chi connectivity index (χ3v) is 4.98. The van der Waals surface area contributed by atoms with E-state index in [0.29, 0.717) is 35.2 Å². The summed E-state index contributed by atoms with van der Waals surface area (Å²) in [6.45, 7) is 1.43. The molecule has 2 aromatic rings. The number of amides is 2. The van der Waals surface area contributed by atoms with Gasteiger partial charge in [-0.2, -0.15) is 0 Å². The van der Waals surface area contributed by atoms with Crippen LogP contribution < -0.4 is 5.32 Å². The number of likely N-dealkylation sites (tertiary alicyclic amines) is 1. The summed E-state index contributed by atoms with van der Waals surface area (Å²) in [5.74, 6) is -0.444. The van der Waals surface area contributed by atoms with Crippen LogP contribution in [0.5, 0.6) is 0 Å². The molecule has 1 aromatic heterocycles. The second kappa shape index (κ2) is 8.52. The van der Waals surface area contributed by atoms with Crippen molar-refractivity contribution in [3.63, 3.8) is 0 Å². The van der Waals surface area contributed by atoms with Crippen molar-refractivity contribution in [2.75, 3.05) is 13.1 Å². The van der Waals surface area contributed by atoms with Crippen molar-refractivity contribution in [2.24, 2.45) is 5.92 Å². The Bertz CT molecular complexity index is 799. The van der Waals surface area contributed by atoms with Crippen LogP contribution in [0.4, 0.5) is 0 Å². The molecule has 1 atom stereocenters. The number of carbonyl (C=O) groups excluding carboxylic acids is 2. The standard InChI is InChI=1S/C19H19Cl2N3O2/c20-15-5-6-16(17(21)9-15)19(26)24-8-2-4-14(12-24)18(25)23-11-13-3-1-7-22-10-13/h1,3,5-7,9-10,14H,2,4,8,11-12H2,(H,23,25). The molecule has 136 valence electrons. The normalized spacial score (nSPS) is 17.0. The van der Waals surface area contributed by atoms with E-state index in [1.54, 1.807) is 35.5 Å². The molecule has 5 nitrogen and oxygen atoms in total. The zero-order chi connectivity index (χ0) is 18.5. The first-order valence-corrected chi connectivity index (χ1v) is 9.21. The first kappa shape index (κ1) is 18.7. The topological polar surface area (TPSA) is 62.3 Å². The van der Waals surface area contributed by atoms with Crippen molar-refractivity contribution in [1.82, 2.24) is 15.2 Å². The van der Waals surface area contributed by atoms with Crippen LogP contribution in [-0.4, -0.2) is 34.8 Å². The van der Waals surface area contributed by atoms with Crippen molar-refractivity contribution in [3.05, 3.63) is 63.9 Å². The molecule has 1 fully saturated rings. The molecule has 2 amide bonds. The second-order valence-corrected chi connectivity index (χ2v) is 7.14. The van der Waals surface area contributed by atoms with Crippen molar-refractivity contribution in [1.29, 1.82) is 0 Å². The Balaban J connectivity index is 1.61. The van der Waals surface area contributed by atoms with E-state index in [0.717, 1.165) is 18.4 Å². The lowest BCUT2D eigenvalue weighted by atomic mass is 9.96. The summed E-state index contributed by atoms with van der Waals surface area (Å²) in [6.07, 6.45) is 4.95. The van der Waals surface area contributed by atoms with E-state index >= 15 is 0 Å². The molecule has 1 aliphatic heterocycles. The molecule has 0 spiro atoms. The quantitative estimate of drug-likeness (QED) is 0.866. The van der Waals surface area contributed by atoms with Crippen molar-refractivity contribution < 1.29 is 9.59 Å². The van der Waals surface area contributed by atoms with Crippen LogP contribution in [0.1, 0.15) is 28.8 Å².